The number of para-hydroxylation sites is 1. The maximum absolute atomic E-state index is 11.0. The van der Waals surface area contributed by atoms with Crippen LogP contribution in [0.2, 0.25) is 0 Å². The van der Waals surface area contributed by atoms with Crippen LogP contribution in [0.25, 0.3) is 0 Å². The Bertz CT molecular complexity index is 548. The Morgan fingerprint density at radius 1 is 1.05 bits per heavy atom. The van der Waals surface area contributed by atoms with Crippen molar-refractivity contribution in [1.29, 1.82) is 0 Å². The van der Waals surface area contributed by atoms with Gasteiger partial charge in [0.25, 0.3) is 5.69 Å². The third-order valence-corrected chi connectivity index (χ3v) is 2.57. The van der Waals surface area contributed by atoms with E-state index >= 15 is 0 Å². The van der Waals surface area contributed by atoms with Gasteiger partial charge in [-0.05, 0) is 6.07 Å². The minimum absolute atomic E-state index is 0.725. The van der Waals surface area contributed by atoms with Gasteiger partial charge in [0, 0.05) is 6.07 Å². The summed E-state index contributed by atoms with van der Waals surface area (Å²) in [6, 6.07) is 3.72. The fourth-order valence-electron chi connectivity index (χ4n) is 1.40. The summed E-state index contributed by atoms with van der Waals surface area (Å²) in [5, 5.41) is 32.7. The Labute approximate surface area is 110 Å². The van der Waals surface area contributed by atoms with E-state index in [0.29, 0.717) is 0 Å². The number of nitro benzene ring substituents is 1. The van der Waals surface area contributed by atoms with Crippen molar-refractivity contribution in [3.05, 3.63) is 60.2 Å². The number of benzene rings is 1. The predicted molar refractivity (Wildman–Crippen MR) is 61.2 cm³/mol. The number of nitrogens with zero attached hydrogens (tertiary/aromatic N) is 3. The summed E-state index contributed by atoms with van der Waals surface area (Å²) >= 11 is 0. The molecule has 0 amide bonds. The minimum atomic E-state index is -3.68. The molecule has 0 saturated heterocycles. The standard InChI is InChI=1S/C7H6N3O9P/c11-8(12)6-4-2-1-3-5(6)7(9(13)14,10(15)16)19-20(17)18/h1-4,17-18H. The van der Waals surface area contributed by atoms with E-state index < -0.39 is 40.5 Å². The van der Waals surface area contributed by atoms with Crippen molar-refractivity contribution in [3.8, 4) is 0 Å². The molecule has 1 aromatic carbocycles. The van der Waals surface area contributed by atoms with E-state index in [2.05, 4.69) is 4.52 Å². The van der Waals surface area contributed by atoms with Crippen LogP contribution in [0.4, 0.5) is 5.69 Å². The second kappa shape index (κ2) is 5.79. The molecule has 0 fully saturated rings. The van der Waals surface area contributed by atoms with Gasteiger partial charge in [-0.15, -0.1) is 0 Å². The molecular weight excluding hydrogens is 301 g/mol. The van der Waals surface area contributed by atoms with Gasteiger partial charge < -0.3 is 9.79 Å². The average Bonchev–Trinajstić information content (AvgIpc) is 2.34. The topological polar surface area (TPSA) is 179 Å². The van der Waals surface area contributed by atoms with Gasteiger partial charge in [-0.3, -0.25) is 30.3 Å². The predicted octanol–water partition coefficient (Wildman–Crippen LogP) is 0.487. The van der Waals surface area contributed by atoms with Crippen LogP contribution in [-0.4, -0.2) is 24.6 Å². The zero-order valence-corrected chi connectivity index (χ0v) is 10.2. The third kappa shape index (κ3) is 2.67. The van der Waals surface area contributed by atoms with Crippen LogP contribution in [0.1, 0.15) is 5.56 Å². The molecule has 0 aromatic heterocycles. The Morgan fingerprint density at radius 2 is 1.55 bits per heavy atom. The highest BCUT2D eigenvalue weighted by atomic mass is 31.2. The number of rotatable bonds is 6. The summed E-state index contributed by atoms with van der Waals surface area (Å²) in [4.78, 5) is 45.9. The Balaban J connectivity index is 3.65. The first-order valence-electron chi connectivity index (χ1n) is 4.63. The number of hydrogen-bond donors (Lipinski definition) is 2. The summed E-state index contributed by atoms with van der Waals surface area (Å²) in [7, 11) is -3.51. The highest BCUT2D eigenvalue weighted by Crippen LogP contribution is 2.42. The molecule has 2 N–H and O–H groups in total. The van der Waals surface area contributed by atoms with Crippen molar-refractivity contribution in [3.63, 3.8) is 0 Å². The lowest BCUT2D eigenvalue weighted by atomic mass is 10.1. The lowest BCUT2D eigenvalue weighted by Gasteiger charge is -2.16. The summed E-state index contributed by atoms with van der Waals surface area (Å²) in [5.74, 6) is -3.68. The molecule has 1 rings (SSSR count). The second-order valence-corrected chi connectivity index (χ2v) is 3.93. The van der Waals surface area contributed by atoms with E-state index in [1.54, 1.807) is 0 Å². The third-order valence-electron chi connectivity index (χ3n) is 2.16. The zero-order valence-electron chi connectivity index (χ0n) is 9.35. The van der Waals surface area contributed by atoms with E-state index in [9.17, 15) is 30.3 Å². The molecule has 0 unspecified atom stereocenters. The van der Waals surface area contributed by atoms with Crippen LogP contribution in [0.5, 0.6) is 0 Å². The van der Waals surface area contributed by atoms with Crippen molar-refractivity contribution in [2.75, 3.05) is 0 Å². The smallest absolute Gasteiger partial charge is 0.328 e. The van der Waals surface area contributed by atoms with Crippen molar-refractivity contribution in [2.45, 2.75) is 5.85 Å². The van der Waals surface area contributed by atoms with Gasteiger partial charge in [0.1, 0.15) is 9.85 Å². The molecule has 0 heterocycles. The average molecular weight is 307 g/mol. The Morgan fingerprint density at radius 3 is 1.95 bits per heavy atom. The van der Waals surface area contributed by atoms with E-state index in [0.717, 1.165) is 24.3 Å². The first kappa shape index (κ1) is 15.8. The quantitative estimate of drug-likeness (QED) is 0.327. The molecule has 0 radical (unpaired) electrons. The maximum Gasteiger partial charge on any atom is 0.620 e. The number of hydrogen-bond acceptors (Lipinski definition) is 9. The van der Waals surface area contributed by atoms with E-state index in [4.69, 9.17) is 9.79 Å². The minimum Gasteiger partial charge on any atom is -0.328 e. The summed E-state index contributed by atoms with van der Waals surface area (Å²) in [5.41, 5.74) is -1.99. The molecule has 0 spiro atoms. The molecule has 12 nitrogen and oxygen atoms in total. The molecule has 108 valence electrons. The molecule has 13 heteroatoms. The van der Waals surface area contributed by atoms with Crippen molar-refractivity contribution in [2.24, 2.45) is 0 Å². The SMILES string of the molecule is O=[N+]([O-])c1ccccc1C(OP(O)O)([N+](=O)[O-])[N+](=O)[O-]. The van der Waals surface area contributed by atoms with Gasteiger partial charge in [0.15, 0.2) is 0 Å². The van der Waals surface area contributed by atoms with Crippen LogP contribution in [0, 0.1) is 30.3 Å². The molecule has 0 aliphatic carbocycles. The second-order valence-electron chi connectivity index (χ2n) is 3.24. The van der Waals surface area contributed by atoms with E-state index in [1.165, 1.54) is 0 Å². The number of nitro groups is 3. The van der Waals surface area contributed by atoms with Crippen LogP contribution < -0.4 is 0 Å². The zero-order chi connectivity index (χ0) is 15.5. The Kier molecular flexibility index (Phi) is 4.57. The molecule has 0 atom stereocenters. The van der Waals surface area contributed by atoms with Crippen molar-refractivity contribution >= 4 is 14.3 Å². The maximum atomic E-state index is 11.0. The van der Waals surface area contributed by atoms with Gasteiger partial charge in [-0.2, -0.15) is 4.52 Å². The molecule has 0 bridgehead atoms. The fraction of sp³-hybridized carbons (Fsp3) is 0.143. The van der Waals surface area contributed by atoms with Gasteiger partial charge in [0.2, 0.25) is 5.56 Å². The van der Waals surface area contributed by atoms with Crippen LogP contribution >= 0.6 is 8.60 Å². The van der Waals surface area contributed by atoms with E-state index in [-0.39, 0.29) is 0 Å². The van der Waals surface area contributed by atoms with Crippen LogP contribution in [0.3, 0.4) is 0 Å². The van der Waals surface area contributed by atoms with Crippen molar-refractivity contribution < 1.29 is 29.1 Å². The monoisotopic (exact) mass is 307 g/mol. The molecule has 1 aromatic rings. The lowest BCUT2D eigenvalue weighted by molar-refractivity contribution is -0.856. The Hall–Kier alpha value is -2.27. The summed E-state index contributed by atoms with van der Waals surface area (Å²) in [6.07, 6.45) is 0. The first-order valence-corrected chi connectivity index (χ1v) is 5.80. The highest BCUT2D eigenvalue weighted by molar-refractivity contribution is 7.39. The van der Waals surface area contributed by atoms with Gasteiger partial charge >= 0.3 is 14.5 Å². The normalized spacial score (nSPS) is 11.3. The lowest BCUT2D eigenvalue weighted by Crippen LogP contribution is -2.45. The van der Waals surface area contributed by atoms with Crippen LogP contribution in [-0.2, 0) is 10.4 Å². The summed E-state index contributed by atoms with van der Waals surface area (Å²) in [6.45, 7) is 0. The summed E-state index contributed by atoms with van der Waals surface area (Å²) < 4.78 is 4.01. The highest BCUT2D eigenvalue weighted by Gasteiger charge is 2.66. The van der Waals surface area contributed by atoms with Crippen LogP contribution in [0.15, 0.2) is 24.3 Å². The molecule has 0 saturated carbocycles. The van der Waals surface area contributed by atoms with Gasteiger partial charge in [-0.25, -0.2) is 0 Å². The molecular formula is C7H6N3O9P. The van der Waals surface area contributed by atoms with Gasteiger partial charge in [-0.1, -0.05) is 12.1 Å². The van der Waals surface area contributed by atoms with E-state index in [1.807, 2.05) is 0 Å². The molecule has 0 aliphatic heterocycles. The van der Waals surface area contributed by atoms with Crippen molar-refractivity contribution in [1.82, 2.24) is 0 Å². The molecule has 0 aliphatic rings. The van der Waals surface area contributed by atoms with Gasteiger partial charge in [0.05, 0.1) is 4.92 Å². The first-order chi connectivity index (χ1) is 9.23. The fourth-order valence-corrected chi connectivity index (χ4v) is 1.86. The largest absolute Gasteiger partial charge is 0.620 e. The molecule has 20 heavy (non-hydrogen) atoms.